The average molecular weight is 265 g/mol. The average Bonchev–Trinajstić information content (AvgIpc) is 2.77. The van der Waals surface area contributed by atoms with Gasteiger partial charge in [-0.15, -0.1) is 0 Å². The molecule has 1 aromatic rings. The molecule has 1 atom stereocenters. The molecule has 1 aromatic carbocycles. The van der Waals surface area contributed by atoms with Gasteiger partial charge in [0.2, 0.25) is 10.0 Å². The zero-order valence-corrected chi connectivity index (χ0v) is 10.7. The fourth-order valence-corrected chi connectivity index (χ4v) is 3.65. The lowest BCUT2D eigenvalue weighted by Gasteiger charge is -2.20. The molecule has 5 nitrogen and oxygen atoms in total. The van der Waals surface area contributed by atoms with E-state index in [2.05, 4.69) is 0 Å². The number of rotatable bonds is 3. The second kappa shape index (κ2) is 5.06. The first-order valence-electron chi connectivity index (χ1n) is 5.79. The van der Waals surface area contributed by atoms with E-state index in [1.54, 1.807) is 12.1 Å². The highest BCUT2D eigenvalue weighted by Gasteiger charge is 2.32. The first-order valence-corrected chi connectivity index (χ1v) is 7.23. The molecule has 0 spiro atoms. The Morgan fingerprint density at radius 3 is 2.56 bits per heavy atom. The number of nitriles is 1. The van der Waals surface area contributed by atoms with E-state index in [4.69, 9.17) is 11.0 Å². The van der Waals surface area contributed by atoms with Gasteiger partial charge < -0.3 is 5.73 Å². The molecule has 96 valence electrons. The molecule has 1 aliphatic heterocycles. The third-order valence-electron chi connectivity index (χ3n) is 3.06. The van der Waals surface area contributed by atoms with Gasteiger partial charge >= 0.3 is 0 Å². The summed E-state index contributed by atoms with van der Waals surface area (Å²) < 4.78 is 25.9. The molecule has 0 amide bonds. The lowest BCUT2D eigenvalue weighted by molar-refractivity contribution is 0.396. The third kappa shape index (κ3) is 2.38. The second-order valence-electron chi connectivity index (χ2n) is 4.30. The van der Waals surface area contributed by atoms with Gasteiger partial charge in [0.1, 0.15) is 0 Å². The summed E-state index contributed by atoms with van der Waals surface area (Å²) in [5, 5.41) is 8.56. The molecule has 2 rings (SSSR count). The van der Waals surface area contributed by atoms with E-state index in [0.717, 1.165) is 12.0 Å². The van der Waals surface area contributed by atoms with Gasteiger partial charge in [0.15, 0.2) is 0 Å². The zero-order chi connectivity index (χ0) is 13.2. The van der Waals surface area contributed by atoms with E-state index in [9.17, 15) is 8.42 Å². The van der Waals surface area contributed by atoms with Crippen LogP contribution < -0.4 is 5.73 Å². The van der Waals surface area contributed by atoms with Crippen LogP contribution in [0.5, 0.6) is 0 Å². The van der Waals surface area contributed by atoms with Gasteiger partial charge in [-0.1, -0.05) is 12.1 Å². The number of hydrogen-bond acceptors (Lipinski definition) is 4. The molecule has 1 heterocycles. The maximum absolute atomic E-state index is 12.3. The number of sulfonamides is 1. The van der Waals surface area contributed by atoms with Crippen molar-refractivity contribution < 1.29 is 8.42 Å². The maximum Gasteiger partial charge on any atom is 0.244 e. The molecule has 2 N–H and O–H groups in total. The molecule has 0 aliphatic carbocycles. The Morgan fingerprint density at radius 2 is 2.06 bits per heavy atom. The molecule has 0 bridgehead atoms. The van der Waals surface area contributed by atoms with E-state index in [1.807, 2.05) is 6.07 Å². The van der Waals surface area contributed by atoms with E-state index >= 15 is 0 Å². The first kappa shape index (κ1) is 13.0. The van der Waals surface area contributed by atoms with Crippen molar-refractivity contribution in [1.29, 1.82) is 5.26 Å². The summed E-state index contributed by atoms with van der Waals surface area (Å²) in [6.45, 7) is 0.476. The molecule has 18 heavy (non-hydrogen) atoms. The Hall–Kier alpha value is -1.42. The van der Waals surface area contributed by atoms with Crippen molar-refractivity contribution in [3.05, 3.63) is 29.8 Å². The van der Waals surface area contributed by atoms with Crippen LogP contribution in [0.4, 0.5) is 0 Å². The molecule has 0 radical (unpaired) electrons. The monoisotopic (exact) mass is 265 g/mol. The number of nitrogens with two attached hydrogens (primary N) is 1. The molecule has 6 heteroatoms. The van der Waals surface area contributed by atoms with Crippen LogP contribution >= 0.6 is 0 Å². The molecule has 1 unspecified atom stereocenters. The topological polar surface area (TPSA) is 87.2 Å². The van der Waals surface area contributed by atoms with Gasteiger partial charge in [0.05, 0.1) is 23.6 Å². The summed E-state index contributed by atoms with van der Waals surface area (Å²) >= 11 is 0. The van der Waals surface area contributed by atoms with Crippen molar-refractivity contribution in [2.75, 3.05) is 6.54 Å². The normalized spacial score (nSPS) is 20.8. The lowest BCUT2D eigenvalue weighted by Crippen LogP contribution is -2.40. The van der Waals surface area contributed by atoms with Gasteiger partial charge in [0, 0.05) is 6.54 Å². The molecule has 1 aliphatic rings. The minimum atomic E-state index is -3.49. The fraction of sp³-hybridized carbons (Fsp3) is 0.417. The van der Waals surface area contributed by atoms with Crippen LogP contribution in [0, 0.1) is 11.3 Å². The number of nitrogens with zero attached hydrogens (tertiary/aromatic N) is 2. The van der Waals surface area contributed by atoms with Gasteiger partial charge in [-0.25, -0.2) is 8.42 Å². The summed E-state index contributed by atoms with van der Waals surface area (Å²) in [6.07, 6.45) is 1.36. The molecule has 1 saturated heterocycles. The van der Waals surface area contributed by atoms with Crippen LogP contribution in [0.1, 0.15) is 18.4 Å². The maximum atomic E-state index is 12.3. The second-order valence-corrected chi connectivity index (χ2v) is 6.19. The Morgan fingerprint density at radius 1 is 1.39 bits per heavy atom. The SMILES string of the molecule is N#CCc1ccc(S(=O)(=O)N2CCCC2N)cc1. The van der Waals surface area contributed by atoms with Gasteiger partial charge in [-0.3, -0.25) is 0 Å². The van der Waals surface area contributed by atoms with Crippen LogP contribution in [0.25, 0.3) is 0 Å². The Labute approximate surface area is 107 Å². The largest absolute Gasteiger partial charge is 0.315 e. The number of benzene rings is 1. The highest BCUT2D eigenvalue weighted by molar-refractivity contribution is 7.89. The van der Waals surface area contributed by atoms with Crippen molar-refractivity contribution in [1.82, 2.24) is 4.31 Å². The lowest BCUT2D eigenvalue weighted by atomic mass is 10.2. The van der Waals surface area contributed by atoms with Gasteiger partial charge in [0.25, 0.3) is 0 Å². The van der Waals surface area contributed by atoms with Crippen LogP contribution in [0.15, 0.2) is 29.2 Å². The van der Waals surface area contributed by atoms with Crippen molar-refractivity contribution in [2.24, 2.45) is 5.73 Å². The van der Waals surface area contributed by atoms with Crippen molar-refractivity contribution in [3.63, 3.8) is 0 Å². The Balaban J connectivity index is 2.27. The summed E-state index contributed by atoms with van der Waals surface area (Å²) in [7, 11) is -3.49. The zero-order valence-electron chi connectivity index (χ0n) is 9.91. The summed E-state index contributed by atoms with van der Waals surface area (Å²) in [4.78, 5) is 0.238. The molecular weight excluding hydrogens is 250 g/mol. The quantitative estimate of drug-likeness (QED) is 0.876. The van der Waals surface area contributed by atoms with Crippen LogP contribution in [0.3, 0.4) is 0 Å². The minimum absolute atomic E-state index is 0.238. The molecule has 0 saturated carbocycles. The Bertz CT molecular complexity index is 560. The van der Waals surface area contributed by atoms with E-state index in [0.29, 0.717) is 13.0 Å². The van der Waals surface area contributed by atoms with Crippen LogP contribution in [0.2, 0.25) is 0 Å². The standard InChI is InChI=1S/C12H15N3O2S/c13-8-7-10-3-5-11(6-4-10)18(16,17)15-9-1-2-12(15)14/h3-6,12H,1-2,7,9,14H2. The van der Waals surface area contributed by atoms with Crippen LogP contribution in [-0.2, 0) is 16.4 Å². The van der Waals surface area contributed by atoms with Crippen molar-refractivity contribution in [2.45, 2.75) is 30.3 Å². The number of hydrogen-bond donors (Lipinski definition) is 1. The highest BCUT2D eigenvalue weighted by atomic mass is 32.2. The summed E-state index contributed by atoms with van der Waals surface area (Å²) in [6, 6.07) is 8.42. The predicted molar refractivity (Wildman–Crippen MR) is 66.9 cm³/mol. The molecule has 1 fully saturated rings. The first-order chi connectivity index (χ1) is 8.55. The smallest absolute Gasteiger partial charge is 0.244 e. The predicted octanol–water partition coefficient (Wildman–Crippen LogP) is 0.822. The fourth-order valence-electron chi connectivity index (χ4n) is 2.07. The summed E-state index contributed by atoms with van der Waals surface area (Å²) in [5.74, 6) is 0. The van der Waals surface area contributed by atoms with Gasteiger partial charge in [-0.2, -0.15) is 9.57 Å². The van der Waals surface area contributed by atoms with E-state index < -0.39 is 16.2 Å². The Kier molecular flexibility index (Phi) is 3.66. The minimum Gasteiger partial charge on any atom is -0.315 e. The van der Waals surface area contributed by atoms with E-state index in [1.165, 1.54) is 16.4 Å². The third-order valence-corrected chi connectivity index (χ3v) is 5.00. The van der Waals surface area contributed by atoms with Crippen molar-refractivity contribution >= 4 is 10.0 Å². The molecule has 0 aromatic heterocycles. The van der Waals surface area contributed by atoms with Crippen LogP contribution in [-0.4, -0.2) is 25.4 Å². The van der Waals surface area contributed by atoms with E-state index in [-0.39, 0.29) is 11.3 Å². The highest BCUT2D eigenvalue weighted by Crippen LogP contribution is 2.23. The van der Waals surface area contributed by atoms with Gasteiger partial charge in [-0.05, 0) is 30.5 Å². The summed E-state index contributed by atoms with van der Waals surface area (Å²) in [5.41, 5.74) is 6.59. The van der Waals surface area contributed by atoms with Crippen molar-refractivity contribution in [3.8, 4) is 6.07 Å². The molecular formula is C12H15N3O2S.